The summed E-state index contributed by atoms with van der Waals surface area (Å²) in [6.45, 7) is 7.02. The fourth-order valence-electron chi connectivity index (χ4n) is 5.37. The first-order valence-corrected chi connectivity index (χ1v) is 14.2. The Balaban J connectivity index is 0.000000233. The number of nitrogens with one attached hydrogen (secondary N) is 1. The number of hydrogen-bond acceptors (Lipinski definition) is 9. The van der Waals surface area contributed by atoms with Crippen molar-refractivity contribution in [2.45, 2.75) is 37.9 Å². The van der Waals surface area contributed by atoms with Gasteiger partial charge in [0.25, 0.3) is 0 Å². The molecule has 12 heteroatoms. The molecular formula is C27H36Cl2FN7O2. The molecular weight excluding hydrogens is 544 g/mol. The highest BCUT2D eigenvalue weighted by atomic mass is 35.5. The Kier molecular flexibility index (Phi) is 9.08. The number of nitrogens with zero attached hydrogens (tertiary/aromatic N) is 5. The van der Waals surface area contributed by atoms with Gasteiger partial charge in [-0.15, -0.1) is 0 Å². The summed E-state index contributed by atoms with van der Waals surface area (Å²) in [6, 6.07) is 4.45. The van der Waals surface area contributed by atoms with Crippen molar-refractivity contribution in [3.05, 3.63) is 35.2 Å². The molecule has 2 aromatic rings. The number of fused-ring (bicyclic) bond motifs is 1. The molecule has 5 heterocycles. The van der Waals surface area contributed by atoms with Gasteiger partial charge < -0.3 is 25.4 Å². The van der Waals surface area contributed by atoms with E-state index in [2.05, 4.69) is 30.1 Å². The zero-order chi connectivity index (χ0) is 27.4. The van der Waals surface area contributed by atoms with Gasteiger partial charge in [0.1, 0.15) is 11.3 Å². The number of aromatic nitrogens is 2. The zero-order valence-electron chi connectivity index (χ0n) is 22.2. The van der Waals surface area contributed by atoms with Gasteiger partial charge in [0.2, 0.25) is 5.95 Å². The molecule has 1 aromatic carbocycles. The van der Waals surface area contributed by atoms with E-state index in [0.717, 1.165) is 88.3 Å². The highest BCUT2D eigenvalue weighted by molar-refractivity contribution is 6.69. The van der Waals surface area contributed by atoms with Crippen molar-refractivity contribution in [3.63, 3.8) is 0 Å². The number of anilines is 2. The van der Waals surface area contributed by atoms with Crippen LogP contribution in [0.25, 0.3) is 10.9 Å². The summed E-state index contributed by atoms with van der Waals surface area (Å²) in [4.78, 5) is 17.4. The average molecular weight is 581 g/mol. The molecule has 212 valence electrons. The summed E-state index contributed by atoms with van der Waals surface area (Å²) in [5, 5.41) is 4.84. The first-order valence-electron chi connectivity index (χ1n) is 13.5. The number of likely N-dealkylation sites (tertiary alicyclic amines) is 1. The molecule has 9 nitrogen and oxygen atoms in total. The Morgan fingerprint density at radius 2 is 2.00 bits per heavy atom. The summed E-state index contributed by atoms with van der Waals surface area (Å²) in [6.07, 6.45) is 6.48. The maximum absolute atomic E-state index is 12.9. The standard InChI is InChI=1S/C19H22Cl2N6O.C8H14FNO/c1-23-17(21)15(8-22)26-18-24-9-12-6-13(20)16(7-14(12)25-18)27-4-2-19(3-5-27)10-28-11-19;9-7-2-1-3-10(4-7)8-5-11-6-8/h6-9H,2-5,10-11,22H2,1H3,(H,24,25,26);7-8H,1-6H2/b15-8+,23-17?;. The second-order valence-electron chi connectivity index (χ2n) is 10.7. The number of piperidine rings is 2. The lowest BCUT2D eigenvalue weighted by Gasteiger charge is -2.48. The highest BCUT2D eigenvalue weighted by Crippen LogP contribution is 2.41. The van der Waals surface area contributed by atoms with Gasteiger partial charge in [-0.1, -0.05) is 23.2 Å². The van der Waals surface area contributed by atoms with Gasteiger partial charge in [-0.05, 0) is 44.4 Å². The third kappa shape index (κ3) is 6.57. The number of benzene rings is 1. The van der Waals surface area contributed by atoms with E-state index in [4.69, 9.17) is 38.4 Å². The monoisotopic (exact) mass is 579 g/mol. The first-order chi connectivity index (χ1) is 18.9. The van der Waals surface area contributed by atoms with Crippen LogP contribution in [0.1, 0.15) is 25.7 Å². The van der Waals surface area contributed by atoms with E-state index in [-0.39, 0.29) is 5.17 Å². The minimum absolute atomic E-state index is 0.255. The Morgan fingerprint density at radius 3 is 2.59 bits per heavy atom. The van der Waals surface area contributed by atoms with E-state index in [1.807, 2.05) is 12.1 Å². The molecule has 4 aliphatic rings. The summed E-state index contributed by atoms with van der Waals surface area (Å²) in [7, 11) is 1.58. The predicted molar refractivity (Wildman–Crippen MR) is 155 cm³/mol. The number of alkyl halides is 1. The quantitative estimate of drug-likeness (QED) is 0.508. The summed E-state index contributed by atoms with van der Waals surface area (Å²) in [5.74, 6) is 0.392. The number of allylic oxidation sites excluding steroid dienone is 1. The molecule has 1 aromatic heterocycles. The summed E-state index contributed by atoms with van der Waals surface area (Å²) < 4.78 is 23.3. The highest BCUT2D eigenvalue weighted by Gasteiger charge is 2.41. The molecule has 3 N–H and O–H groups in total. The van der Waals surface area contributed by atoms with Crippen LogP contribution < -0.4 is 16.0 Å². The molecule has 4 fully saturated rings. The molecule has 6 rings (SSSR count). The lowest BCUT2D eigenvalue weighted by atomic mass is 9.77. The van der Waals surface area contributed by atoms with E-state index in [1.165, 1.54) is 6.20 Å². The van der Waals surface area contributed by atoms with Crippen molar-refractivity contribution in [2.75, 3.05) is 69.9 Å². The normalized spacial score (nSPS) is 24.1. The van der Waals surface area contributed by atoms with Crippen LogP contribution in [0.3, 0.4) is 0 Å². The van der Waals surface area contributed by atoms with Crippen LogP contribution in [0.2, 0.25) is 5.02 Å². The van der Waals surface area contributed by atoms with Gasteiger partial charge in [-0.3, -0.25) is 9.89 Å². The lowest BCUT2D eigenvalue weighted by molar-refractivity contribution is -0.124. The minimum Gasteiger partial charge on any atom is -0.403 e. The van der Waals surface area contributed by atoms with Gasteiger partial charge >= 0.3 is 0 Å². The lowest BCUT2D eigenvalue weighted by Crippen LogP contribution is -2.52. The number of halogens is 3. The van der Waals surface area contributed by atoms with Crippen LogP contribution in [0.5, 0.6) is 0 Å². The Labute approximate surface area is 238 Å². The predicted octanol–water partition coefficient (Wildman–Crippen LogP) is 4.20. The van der Waals surface area contributed by atoms with Crippen LogP contribution in [-0.2, 0) is 9.47 Å². The van der Waals surface area contributed by atoms with Crippen LogP contribution in [0, 0.1) is 5.41 Å². The van der Waals surface area contributed by atoms with E-state index < -0.39 is 6.17 Å². The van der Waals surface area contributed by atoms with Crippen molar-refractivity contribution in [3.8, 4) is 0 Å². The maximum Gasteiger partial charge on any atom is 0.227 e. The molecule has 1 unspecified atom stereocenters. The molecule has 1 spiro atoms. The fourth-order valence-corrected chi connectivity index (χ4v) is 5.77. The van der Waals surface area contributed by atoms with Crippen molar-refractivity contribution in [1.29, 1.82) is 0 Å². The van der Waals surface area contributed by atoms with Crippen molar-refractivity contribution in [1.82, 2.24) is 14.9 Å². The van der Waals surface area contributed by atoms with Gasteiger partial charge in [-0.25, -0.2) is 14.4 Å². The van der Waals surface area contributed by atoms with E-state index in [9.17, 15) is 4.39 Å². The summed E-state index contributed by atoms with van der Waals surface area (Å²) in [5.41, 5.74) is 8.23. The number of aliphatic imine (C=N–C) groups is 1. The van der Waals surface area contributed by atoms with Crippen molar-refractivity contribution < 1.29 is 13.9 Å². The molecule has 0 radical (unpaired) electrons. The Bertz CT molecular complexity index is 1210. The Hall–Kier alpha value is -2.24. The van der Waals surface area contributed by atoms with Crippen LogP contribution in [-0.4, -0.2) is 91.9 Å². The topological polar surface area (TPSA) is 101 Å². The van der Waals surface area contributed by atoms with Crippen molar-refractivity contribution in [2.24, 2.45) is 16.1 Å². The largest absolute Gasteiger partial charge is 0.403 e. The van der Waals surface area contributed by atoms with Crippen LogP contribution in [0.15, 0.2) is 35.2 Å². The Morgan fingerprint density at radius 1 is 1.23 bits per heavy atom. The number of nitrogens with two attached hydrogens (primary N) is 1. The molecule has 4 saturated heterocycles. The summed E-state index contributed by atoms with van der Waals surface area (Å²) >= 11 is 12.6. The number of ether oxygens (including phenoxy) is 2. The molecule has 0 aliphatic carbocycles. The molecule has 4 aliphatic heterocycles. The molecule has 0 amide bonds. The van der Waals surface area contributed by atoms with Crippen LogP contribution in [0.4, 0.5) is 16.0 Å². The third-order valence-electron chi connectivity index (χ3n) is 7.99. The number of rotatable bonds is 5. The fraction of sp³-hybridized carbons (Fsp3) is 0.593. The smallest absolute Gasteiger partial charge is 0.227 e. The first kappa shape index (κ1) is 28.3. The molecule has 39 heavy (non-hydrogen) atoms. The molecule has 0 bridgehead atoms. The maximum atomic E-state index is 12.9. The number of hydrogen-bond donors (Lipinski definition) is 2. The van der Waals surface area contributed by atoms with Gasteiger partial charge in [0.05, 0.1) is 54.4 Å². The van der Waals surface area contributed by atoms with Gasteiger partial charge in [0.15, 0.2) is 0 Å². The second-order valence-corrected chi connectivity index (χ2v) is 11.4. The van der Waals surface area contributed by atoms with Gasteiger partial charge in [-0.2, -0.15) is 0 Å². The third-order valence-corrected chi connectivity index (χ3v) is 8.67. The average Bonchev–Trinajstić information content (AvgIpc) is 2.90. The molecule has 1 atom stereocenters. The van der Waals surface area contributed by atoms with Gasteiger partial charge in [0, 0.05) is 49.9 Å². The van der Waals surface area contributed by atoms with Crippen LogP contribution >= 0.6 is 23.2 Å². The molecule has 0 saturated carbocycles. The van der Waals surface area contributed by atoms with E-state index in [1.54, 1.807) is 13.2 Å². The van der Waals surface area contributed by atoms with E-state index in [0.29, 0.717) is 34.7 Å². The second kappa shape index (κ2) is 12.5. The van der Waals surface area contributed by atoms with E-state index >= 15 is 0 Å². The SMILES string of the molecule is CN=C(Cl)/C(=C\N)Nc1ncc2cc(Cl)c(N3CCC4(CC3)COC4)cc2n1.FC1CCCN(C2COC2)C1. The minimum atomic E-state index is -0.593. The van der Waals surface area contributed by atoms with Crippen molar-refractivity contribution >= 4 is 50.9 Å². The zero-order valence-corrected chi connectivity index (χ0v) is 23.7.